The van der Waals surface area contributed by atoms with Gasteiger partial charge in [0.25, 0.3) is 0 Å². The Hall–Kier alpha value is -0.155. The molecule has 0 aliphatic carbocycles. The highest BCUT2D eigenvalue weighted by molar-refractivity contribution is 6.42. The Bertz CT molecular complexity index is 140. The molecule has 13 heavy (non-hydrogen) atoms. The molecule has 0 unspecified atom stereocenters. The zero-order valence-corrected chi connectivity index (χ0v) is 8.06. The van der Waals surface area contributed by atoms with Crippen molar-refractivity contribution in [3.8, 4) is 0 Å². The molecule has 76 valence electrons. The highest BCUT2D eigenvalue weighted by Crippen LogP contribution is 2.04. The smallest absolute Gasteiger partial charge is 0.378 e. The number of ether oxygens (including phenoxy) is 1. The Morgan fingerprint density at radius 1 is 1.38 bits per heavy atom. The summed E-state index contributed by atoms with van der Waals surface area (Å²) in [6.07, 6.45) is 2.16. The topological polar surface area (TPSA) is 13.7 Å². The highest BCUT2D eigenvalue weighted by atomic mass is 19.2. The Morgan fingerprint density at radius 3 is 2.46 bits per heavy atom. The van der Waals surface area contributed by atoms with Gasteiger partial charge in [0.1, 0.15) is 6.44 Å². The first kappa shape index (κ1) is 10.9. The third-order valence-corrected chi connectivity index (χ3v) is 2.49. The molecule has 5 heteroatoms. The molecule has 2 nitrogen and oxygen atoms in total. The van der Waals surface area contributed by atoms with Crippen LogP contribution in [-0.2, 0) is 4.74 Å². The average molecular weight is 192 g/mol. The minimum atomic E-state index is -2.17. The van der Waals surface area contributed by atoms with Crippen LogP contribution in [-0.4, -0.2) is 39.5 Å². The van der Waals surface area contributed by atoms with Gasteiger partial charge in [0, 0.05) is 19.4 Å². The van der Waals surface area contributed by atoms with Crippen molar-refractivity contribution in [2.24, 2.45) is 0 Å². The maximum atomic E-state index is 12.0. The number of halogens is 2. The Kier molecular flexibility index (Phi) is 4.66. The van der Waals surface area contributed by atoms with Gasteiger partial charge in [0.2, 0.25) is 0 Å². The lowest BCUT2D eigenvalue weighted by atomic mass is 9.96. The predicted molar refractivity (Wildman–Crippen MR) is 48.2 cm³/mol. The van der Waals surface area contributed by atoms with Crippen LogP contribution in [0.2, 0.25) is 0 Å². The normalized spacial score (nSPS) is 28.8. The fourth-order valence-corrected chi connectivity index (χ4v) is 1.82. The number of quaternary nitrogens is 1. The summed E-state index contributed by atoms with van der Waals surface area (Å²) in [5, 5.41) is 0. The van der Waals surface area contributed by atoms with Gasteiger partial charge in [0.05, 0.1) is 19.2 Å². The van der Waals surface area contributed by atoms with Gasteiger partial charge >= 0.3 is 7.27 Å². The van der Waals surface area contributed by atoms with Crippen LogP contribution >= 0.6 is 0 Å². The van der Waals surface area contributed by atoms with Gasteiger partial charge < -0.3 is 9.64 Å². The molecule has 1 heterocycles. The molecule has 1 fully saturated rings. The zero-order valence-electron chi connectivity index (χ0n) is 8.06. The third-order valence-electron chi connectivity index (χ3n) is 2.49. The summed E-state index contributed by atoms with van der Waals surface area (Å²) >= 11 is 0. The Labute approximate surface area is 78.4 Å². The lowest BCUT2D eigenvalue weighted by molar-refractivity contribution is -0.896. The molecular formula is C8H17BF2NO+. The van der Waals surface area contributed by atoms with Gasteiger partial charge in [-0.05, 0) is 6.92 Å². The molecule has 0 radical (unpaired) electrons. The summed E-state index contributed by atoms with van der Waals surface area (Å²) in [4.78, 5) is 1.02. The molecule has 0 aromatic heterocycles. The minimum absolute atomic E-state index is 0.00115. The van der Waals surface area contributed by atoms with Crippen molar-refractivity contribution in [2.75, 3.05) is 26.1 Å². The zero-order chi connectivity index (χ0) is 9.68. The number of hydrogen-bond acceptors (Lipinski definition) is 1. The van der Waals surface area contributed by atoms with E-state index in [2.05, 4.69) is 0 Å². The monoisotopic (exact) mass is 192 g/mol. The largest absolute Gasteiger partial charge is 0.592 e. The summed E-state index contributed by atoms with van der Waals surface area (Å²) in [5.74, 6) is 0. The maximum Gasteiger partial charge on any atom is 0.592 e. The lowest BCUT2D eigenvalue weighted by Crippen LogP contribution is -3.14. The van der Waals surface area contributed by atoms with Gasteiger partial charge in [-0.1, -0.05) is 0 Å². The molecule has 0 amide bonds. The maximum absolute atomic E-state index is 12.0. The van der Waals surface area contributed by atoms with Crippen LogP contribution in [0, 0.1) is 0 Å². The van der Waals surface area contributed by atoms with Crippen molar-refractivity contribution in [1.29, 1.82) is 0 Å². The lowest BCUT2D eigenvalue weighted by Gasteiger charge is -2.28. The van der Waals surface area contributed by atoms with Gasteiger partial charge in [-0.3, -0.25) is 8.63 Å². The van der Waals surface area contributed by atoms with E-state index in [0.717, 1.165) is 37.4 Å². The summed E-state index contributed by atoms with van der Waals surface area (Å²) in [7, 11) is -2.17. The molecule has 0 saturated carbocycles. The molecule has 0 bridgehead atoms. The standard InChI is InChI=1S/C8H16BF2NO/c1-2-13-8-3-5-12(6-4-8)7-9(10)11/h8H,2-7H2,1H3/p+1. The quantitative estimate of drug-likeness (QED) is 0.620. The van der Waals surface area contributed by atoms with Crippen LogP contribution in [0.3, 0.4) is 0 Å². The fraction of sp³-hybridized carbons (Fsp3) is 1.00. The van der Waals surface area contributed by atoms with E-state index in [1.54, 1.807) is 0 Å². The Morgan fingerprint density at radius 2 is 2.00 bits per heavy atom. The van der Waals surface area contributed by atoms with Crippen LogP contribution in [0.4, 0.5) is 8.63 Å². The predicted octanol–water partition coefficient (Wildman–Crippen LogP) is 0.0366. The van der Waals surface area contributed by atoms with Crippen LogP contribution in [0.1, 0.15) is 19.8 Å². The third kappa shape index (κ3) is 4.05. The van der Waals surface area contributed by atoms with E-state index in [9.17, 15) is 8.63 Å². The molecule has 1 saturated heterocycles. The van der Waals surface area contributed by atoms with E-state index in [4.69, 9.17) is 4.74 Å². The van der Waals surface area contributed by atoms with Crippen LogP contribution in [0.5, 0.6) is 0 Å². The van der Waals surface area contributed by atoms with Crippen LogP contribution in [0.25, 0.3) is 0 Å². The van der Waals surface area contributed by atoms with Crippen molar-refractivity contribution in [3.63, 3.8) is 0 Å². The van der Waals surface area contributed by atoms with Gasteiger partial charge in [-0.25, -0.2) is 0 Å². The molecule has 1 aliphatic heterocycles. The first-order chi connectivity index (χ1) is 6.22. The second-order valence-corrected chi connectivity index (χ2v) is 3.50. The van der Waals surface area contributed by atoms with Crippen molar-refractivity contribution in [1.82, 2.24) is 0 Å². The minimum Gasteiger partial charge on any atom is -0.378 e. The van der Waals surface area contributed by atoms with Crippen LogP contribution < -0.4 is 4.90 Å². The molecule has 1 rings (SSSR count). The number of nitrogens with one attached hydrogen (secondary N) is 1. The SMILES string of the molecule is CCOC1CC[NH+](CB(F)F)CC1. The summed E-state index contributed by atoms with van der Waals surface area (Å²) in [5.41, 5.74) is 0. The summed E-state index contributed by atoms with van der Waals surface area (Å²) in [6.45, 7) is 4.36. The van der Waals surface area contributed by atoms with E-state index < -0.39 is 7.27 Å². The summed E-state index contributed by atoms with van der Waals surface area (Å²) < 4.78 is 29.5. The number of likely N-dealkylation sites (tertiary alicyclic amines) is 1. The van der Waals surface area contributed by atoms with E-state index in [-0.39, 0.29) is 6.44 Å². The summed E-state index contributed by atoms with van der Waals surface area (Å²) in [6, 6.07) is 0. The van der Waals surface area contributed by atoms with Crippen molar-refractivity contribution in [2.45, 2.75) is 25.9 Å². The van der Waals surface area contributed by atoms with Gasteiger partial charge in [0.15, 0.2) is 0 Å². The van der Waals surface area contributed by atoms with Crippen molar-refractivity contribution in [3.05, 3.63) is 0 Å². The van der Waals surface area contributed by atoms with Gasteiger partial charge in [-0.15, -0.1) is 0 Å². The highest BCUT2D eigenvalue weighted by Gasteiger charge is 2.27. The van der Waals surface area contributed by atoms with Gasteiger partial charge in [-0.2, -0.15) is 0 Å². The average Bonchev–Trinajstić information content (AvgIpc) is 2.08. The van der Waals surface area contributed by atoms with Crippen molar-refractivity contribution >= 4 is 7.27 Å². The molecule has 0 atom stereocenters. The molecular weight excluding hydrogens is 175 g/mol. The van der Waals surface area contributed by atoms with E-state index in [1.165, 1.54) is 0 Å². The van der Waals surface area contributed by atoms with Crippen LogP contribution in [0.15, 0.2) is 0 Å². The van der Waals surface area contributed by atoms with E-state index >= 15 is 0 Å². The first-order valence-electron chi connectivity index (χ1n) is 4.95. The molecule has 0 aromatic rings. The molecule has 1 N–H and O–H groups in total. The molecule has 0 aromatic carbocycles. The second-order valence-electron chi connectivity index (χ2n) is 3.50. The first-order valence-corrected chi connectivity index (χ1v) is 4.95. The molecule has 0 spiro atoms. The fourth-order valence-electron chi connectivity index (χ4n) is 1.82. The van der Waals surface area contributed by atoms with E-state index in [0.29, 0.717) is 6.10 Å². The second kappa shape index (κ2) is 5.55. The van der Waals surface area contributed by atoms with E-state index in [1.807, 2.05) is 6.92 Å². The Balaban J connectivity index is 2.15. The number of piperidine rings is 1. The number of hydrogen-bond donors (Lipinski definition) is 1. The number of rotatable bonds is 4. The van der Waals surface area contributed by atoms with Crippen molar-refractivity contribution < 1.29 is 18.3 Å². The molecule has 1 aliphatic rings.